The van der Waals surface area contributed by atoms with Gasteiger partial charge in [-0.05, 0) is 29.8 Å². The van der Waals surface area contributed by atoms with Crippen LogP contribution in [0.1, 0.15) is 28.5 Å². The van der Waals surface area contributed by atoms with Crippen LogP contribution in [0.2, 0.25) is 0 Å². The lowest BCUT2D eigenvalue weighted by Gasteiger charge is -2.18. The molecule has 21 heavy (non-hydrogen) atoms. The van der Waals surface area contributed by atoms with Crippen LogP contribution < -0.4 is 5.32 Å². The number of hydrogen-bond acceptors (Lipinski definition) is 4. The van der Waals surface area contributed by atoms with Crippen molar-refractivity contribution in [3.05, 3.63) is 54.1 Å². The summed E-state index contributed by atoms with van der Waals surface area (Å²) in [7, 11) is 3.11. The number of pyridine rings is 1. The van der Waals surface area contributed by atoms with E-state index in [2.05, 4.69) is 15.0 Å². The zero-order chi connectivity index (χ0) is 15.2. The number of aryl methyl sites for hydroxylation is 1. The molecule has 2 aromatic heterocycles. The lowest BCUT2D eigenvalue weighted by molar-refractivity contribution is -0.141. The van der Waals surface area contributed by atoms with Crippen LogP contribution in [0.5, 0.6) is 0 Å². The van der Waals surface area contributed by atoms with Gasteiger partial charge in [-0.1, -0.05) is 0 Å². The van der Waals surface area contributed by atoms with E-state index in [1.165, 1.54) is 7.11 Å². The molecule has 110 valence electrons. The van der Waals surface area contributed by atoms with Gasteiger partial charge in [-0.15, -0.1) is 0 Å². The number of nitrogens with zero attached hydrogens (tertiary/aromatic N) is 2. The zero-order valence-electron chi connectivity index (χ0n) is 11.9. The van der Waals surface area contributed by atoms with Crippen molar-refractivity contribution in [2.45, 2.75) is 12.5 Å². The maximum absolute atomic E-state index is 12.3. The topological polar surface area (TPSA) is 73.2 Å². The first-order valence-corrected chi connectivity index (χ1v) is 6.50. The predicted octanol–water partition coefficient (Wildman–Crippen LogP) is 1.45. The van der Waals surface area contributed by atoms with Crippen molar-refractivity contribution in [2.75, 3.05) is 7.11 Å². The van der Waals surface area contributed by atoms with Crippen LogP contribution in [-0.4, -0.2) is 28.5 Å². The van der Waals surface area contributed by atoms with E-state index in [0.29, 0.717) is 5.69 Å². The standard InChI is InChI=1S/C15H17N3O3/c1-18-9-3-4-13(18)15(20)17-12(10-14(19)21-2)11-5-7-16-8-6-11/h3-9,12H,10H2,1-2H3,(H,17,20). The number of aromatic nitrogens is 2. The van der Waals surface area contributed by atoms with Crippen molar-refractivity contribution < 1.29 is 14.3 Å². The molecule has 0 fully saturated rings. The van der Waals surface area contributed by atoms with E-state index in [4.69, 9.17) is 0 Å². The summed E-state index contributed by atoms with van der Waals surface area (Å²) in [6.07, 6.45) is 5.09. The highest BCUT2D eigenvalue weighted by atomic mass is 16.5. The highest BCUT2D eigenvalue weighted by Gasteiger charge is 2.20. The van der Waals surface area contributed by atoms with Gasteiger partial charge in [0.25, 0.3) is 5.91 Å². The van der Waals surface area contributed by atoms with Crippen LogP contribution >= 0.6 is 0 Å². The van der Waals surface area contributed by atoms with Gasteiger partial charge in [0.2, 0.25) is 0 Å². The fraction of sp³-hybridized carbons (Fsp3) is 0.267. The van der Waals surface area contributed by atoms with Crippen LogP contribution in [0.4, 0.5) is 0 Å². The summed E-state index contributed by atoms with van der Waals surface area (Å²) in [5.74, 6) is -0.628. The van der Waals surface area contributed by atoms with Crippen molar-refractivity contribution in [2.24, 2.45) is 7.05 Å². The first-order valence-electron chi connectivity index (χ1n) is 6.50. The molecule has 1 atom stereocenters. The van der Waals surface area contributed by atoms with Gasteiger partial charge in [-0.3, -0.25) is 14.6 Å². The first-order chi connectivity index (χ1) is 10.1. The molecule has 0 aromatic carbocycles. The molecule has 0 spiro atoms. The lowest BCUT2D eigenvalue weighted by Crippen LogP contribution is -2.31. The monoisotopic (exact) mass is 287 g/mol. The van der Waals surface area contributed by atoms with E-state index in [-0.39, 0.29) is 18.3 Å². The second-order valence-corrected chi connectivity index (χ2v) is 4.59. The number of nitrogens with one attached hydrogen (secondary N) is 1. The van der Waals surface area contributed by atoms with E-state index >= 15 is 0 Å². The van der Waals surface area contributed by atoms with Crippen LogP contribution in [0.3, 0.4) is 0 Å². The first kappa shape index (κ1) is 14.8. The molecular formula is C15H17N3O3. The highest BCUT2D eigenvalue weighted by molar-refractivity contribution is 5.93. The average Bonchev–Trinajstić information content (AvgIpc) is 2.93. The molecule has 0 radical (unpaired) electrons. The Kier molecular flexibility index (Phi) is 4.71. The number of methoxy groups -OCH3 is 1. The zero-order valence-corrected chi connectivity index (χ0v) is 11.9. The maximum atomic E-state index is 12.3. The minimum atomic E-state index is -0.456. The number of amides is 1. The lowest BCUT2D eigenvalue weighted by atomic mass is 10.1. The van der Waals surface area contributed by atoms with Crippen molar-refractivity contribution in [3.8, 4) is 0 Å². The Balaban J connectivity index is 2.18. The number of hydrogen-bond donors (Lipinski definition) is 1. The molecule has 1 N–H and O–H groups in total. The Hall–Kier alpha value is -2.63. The van der Waals surface area contributed by atoms with Crippen molar-refractivity contribution >= 4 is 11.9 Å². The summed E-state index contributed by atoms with van der Waals surface area (Å²) >= 11 is 0. The fourth-order valence-corrected chi connectivity index (χ4v) is 2.03. The highest BCUT2D eigenvalue weighted by Crippen LogP contribution is 2.17. The summed E-state index contributed by atoms with van der Waals surface area (Å²) < 4.78 is 6.41. The molecule has 2 rings (SSSR count). The largest absolute Gasteiger partial charge is 0.469 e. The molecule has 1 unspecified atom stereocenters. The Labute approximate surface area is 122 Å². The molecule has 0 aliphatic rings. The number of rotatable bonds is 5. The molecule has 2 heterocycles. The second-order valence-electron chi connectivity index (χ2n) is 4.59. The summed E-state index contributed by atoms with van der Waals surface area (Å²) in [5, 5.41) is 2.85. The Morgan fingerprint density at radius 3 is 2.62 bits per heavy atom. The third kappa shape index (κ3) is 3.68. The SMILES string of the molecule is COC(=O)CC(NC(=O)c1cccn1C)c1ccncc1. The number of carbonyl (C=O) groups excluding carboxylic acids is 2. The van der Waals surface area contributed by atoms with E-state index in [1.54, 1.807) is 54.5 Å². The molecule has 1 amide bonds. The summed E-state index contributed by atoms with van der Waals surface area (Å²) in [4.78, 5) is 27.8. The van der Waals surface area contributed by atoms with Gasteiger partial charge < -0.3 is 14.6 Å². The van der Waals surface area contributed by atoms with Gasteiger partial charge in [0, 0.05) is 25.6 Å². The Morgan fingerprint density at radius 1 is 1.33 bits per heavy atom. The molecule has 6 nitrogen and oxygen atoms in total. The molecule has 0 aliphatic heterocycles. The average molecular weight is 287 g/mol. The summed E-state index contributed by atoms with van der Waals surface area (Å²) in [6, 6.07) is 6.58. The number of esters is 1. The molecular weight excluding hydrogens is 270 g/mol. The third-order valence-electron chi connectivity index (χ3n) is 3.19. The van der Waals surface area contributed by atoms with Crippen molar-refractivity contribution in [3.63, 3.8) is 0 Å². The molecule has 0 saturated heterocycles. The number of carbonyl (C=O) groups is 2. The molecule has 0 bridgehead atoms. The van der Waals surface area contributed by atoms with Gasteiger partial charge in [0.15, 0.2) is 0 Å². The van der Waals surface area contributed by atoms with Crippen LogP contribution in [-0.2, 0) is 16.6 Å². The summed E-state index contributed by atoms with van der Waals surface area (Å²) in [6.45, 7) is 0. The number of ether oxygens (including phenoxy) is 1. The van der Waals surface area contributed by atoms with Crippen molar-refractivity contribution in [1.29, 1.82) is 0 Å². The quantitative estimate of drug-likeness (QED) is 0.845. The molecule has 0 saturated carbocycles. The molecule has 2 aromatic rings. The molecule has 0 aliphatic carbocycles. The third-order valence-corrected chi connectivity index (χ3v) is 3.19. The van der Waals surface area contributed by atoms with Gasteiger partial charge in [0.1, 0.15) is 5.69 Å². The Bertz CT molecular complexity index is 622. The van der Waals surface area contributed by atoms with E-state index in [9.17, 15) is 9.59 Å². The van der Waals surface area contributed by atoms with Crippen LogP contribution in [0, 0.1) is 0 Å². The predicted molar refractivity (Wildman–Crippen MR) is 76.5 cm³/mol. The van der Waals surface area contributed by atoms with Crippen LogP contribution in [0.25, 0.3) is 0 Å². The Morgan fingerprint density at radius 2 is 2.05 bits per heavy atom. The summed E-state index contributed by atoms with van der Waals surface area (Å²) in [5.41, 5.74) is 1.33. The fourth-order valence-electron chi connectivity index (χ4n) is 2.03. The van der Waals surface area contributed by atoms with E-state index in [1.807, 2.05) is 0 Å². The normalized spacial score (nSPS) is 11.7. The van der Waals surface area contributed by atoms with Crippen LogP contribution in [0.15, 0.2) is 42.9 Å². The van der Waals surface area contributed by atoms with Gasteiger partial charge in [0.05, 0.1) is 19.6 Å². The van der Waals surface area contributed by atoms with Gasteiger partial charge in [-0.2, -0.15) is 0 Å². The van der Waals surface area contributed by atoms with E-state index < -0.39 is 6.04 Å². The van der Waals surface area contributed by atoms with Gasteiger partial charge in [-0.25, -0.2) is 0 Å². The maximum Gasteiger partial charge on any atom is 0.307 e. The van der Waals surface area contributed by atoms with Crippen molar-refractivity contribution in [1.82, 2.24) is 14.9 Å². The van der Waals surface area contributed by atoms with E-state index in [0.717, 1.165) is 5.56 Å². The minimum Gasteiger partial charge on any atom is -0.469 e. The second kappa shape index (κ2) is 6.69. The van der Waals surface area contributed by atoms with Gasteiger partial charge >= 0.3 is 5.97 Å². The molecule has 6 heteroatoms. The smallest absolute Gasteiger partial charge is 0.307 e. The minimum absolute atomic E-state index is 0.0661.